The first-order valence-electron chi connectivity index (χ1n) is 6.84. The Morgan fingerprint density at radius 3 is 2.59 bits per heavy atom. The molecule has 0 bridgehead atoms. The van der Waals surface area contributed by atoms with Crippen LogP contribution in [-0.4, -0.2) is 16.6 Å². The maximum atomic E-state index is 5.79. The Morgan fingerprint density at radius 2 is 1.88 bits per heavy atom. The van der Waals surface area contributed by atoms with Gasteiger partial charge in [0, 0.05) is 12.3 Å². The Bertz CT molecular complexity index is 385. The number of nitrogens with zero attached hydrogens (tertiary/aromatic N) is 1. The van der Waals surface area contributed by atoms with Crippen molar-refractivity contribution in [2.45, 2.75) is 46.1 Å². The molecule has 2 heterocycles. The molecule has 1 aromatic rings. The third kappa shape index (κ3) is 1.90. The van der Waals surface area contributed by atoms with Crippen molar-refractivity contribution in [3.8, 4) is 0 Å². The summed E-state index contributed by atoms with van der Waals surface area (Å²) in [6.45, 7) is 7.80. The van der Waals surface area contributed by atoms with E-state index >= 15 is 0 Å². The van der Waals surface area contributed by atoms with Crippen molar-refractivity contribution in [3.63, 3.8) is 0 Å². The molecule has 1 aromatic heterocycles. The highest BCUT2D eigenvalue weighted by molar-refractivity contribution is 5.20. The van der Waals surface area contributed by atoms with Gasteiger partial charge in [-0.25, -0.2) is 4.98 Å². The van der Waals surface area contributed by atoms with Gasteiger partial charge in [-0.2, -0.15) is 0 Å². The van der Waals surface area contributed by atoms with Crippen LogP contribution in [0, 0.1) is 17.8 Å². The predicted octanol–water partition coefficient (Wildman–Crippen LogP) is 2.88. The van der Waals surface area contributed by atoms with Crippen LogP contribution < -0.4 is 0 Å². The number of nitrogens with one attached hydrogen (secondary N) is 1. The van der Waals surface area contributed by atoms with Crippen molar-refractivity contribution < 1.29 is 4.74 Å². The molecular formula is C14H22N2O. The van der Waals surface area contributed by atoms with E-state index in [1.165, 1.54) is 11.4 Å². The molecule has 3 heteroatoms. The lowest BCUT2D eigenvalue weighted by atomic mass is 9.82. The van der Waals surface area contributed by atoms with Crippen LogP contribution in [0.15, 0.2) is 0 Å². The third-order valence-electron chi connectivity index (χ3n) is 4.55. The third-order valence-corrected chi connectivity index (χ3v) is 4.55. The highest BCUT2D eigenvalue weighted by Crippen LogP contribution is 2.35. The van der Waals surface area contributed by atoms with Gasteiger partial charge in [-0.15, -0.1) is 0 Å². The number of ether oxygens (including phenoxy) is 1. The quantitative estimate of drug-likeness (QED) is 0.811. The molecule has 0 radical (unpaired) electrons. The average Bonchev–Trinajstić information content (AvgIpc) is 2.85. The number of imidazole rings is 1. The van der Waals surface area contributed by atoms with E-state index in [-0.39, 0.29) is 6.10 Å². The largest absolute Gasteiger partial charge is 0.370 e. The van der Waals surface area contributed by atoms with Crippen molar-refractivity contribution >= 4 is 0 Å². The van der Waals surface area contributed by atoms with Crippen molar-refractivity contribution in [2.24, 2.45) is 17.8 Å². The van der Waals surface area contributed by atoms with Gasteiger partial charge in [0.25, 0.3) is 0 Å². The first-order valence-corrected chi connectivity index (χ1v) is 6.84. The van der Waals surface area contributed by atoms with E-state index in [1.807, 2.05) is 0 Å². The summed E-state index contributed by atoms with van der Waals surface area (Å²) < 4.78 is 5.79. The number of hydrogen-bond donors (Lipinski definition) is 1. The highest BCUT2D eigenvalue weighted by Gasteiger charge is 2.31. The summed E-state index contributed by atoms with van der Waals surface area (Å²) in [4.78, 5) is 8.31. The molecule has 4 atom stereocenters. The Morgan fingerprint density at radius 1 is 1.12 bits per heavy atom. The molecule has 1 aliphatic carbocycles. The van der Waals surface area contributed by atoms with Gasteiger partial charge in [0.2, 0.25) is 0 Å². The molecule has 1 N–H and O–H groups in total. The first-order chi connectivity index (χ1) is 8.15. The summed E-state index contributed by atoms with van der Waals surface area (Å²) in [6, 6.07) is 0. The molecule has 1 aliphatic heterocycles. The zero-order valence-corrected chi connectivity index (χ0v) is 11.0. The number of aromatic nitrogens is 2. The zero-order chi connectivity index (χ0) is 12.0. The molecule has 3 rings (SSSR count). The Labute approximate surface area is 103 Å². The van der Waals surface area contributed by atoms with E-state index in [0.29, 0.717) is 5.92 Å². The Kier molecular flexibility index (Phi) is 2.74. The molecule has 17 heavy (non-hydrogen) atoms. The SMILES string of the molecule is CC1Cc2nc(C3OCCC3C)[nH]c2CC1C. The van der Waals surface area contributed by atoms with Gasteiger partial charge in [-0.1, -0.05) is 20.8 Å². The van der Waals surface area contributed by atoms with E-state index < -0.39 is 0 Å². The number of aromatic amines is 1. The van der Waals surface area contributed by atoms with Crippen LogP contribution in [0.1, 0.15) is 50.5 Å². The zero-order valence-electron chi connectivity index (χ0n) is 11.0. The average molecular weight is 234 g/mol. The molecule has 1 saturated heterocycles. The fourth-order valence-corrected chi connectivity index (χ4v) is 3.01. The van der Waals surface area contributed by atoms with Crippen LogP contribution in [-0.2, 0) is 17.6 Å². The fourth-order valence-electron chi connectivity index (χ4n) is 3.01. The highest BCUT2D eigenvalue weighted by atomic mass is 16.5. The summed E-state index contributed by atoms with van der Waals surface area (Å²) in [5, 5.41) is 0. The number of hydrogen-bond acceptors (Lipinski definition) is 2. The van der Waals surface area contributed by atoms with Gasteiger partial charge in [0.1, 0.15) is 11.9 Å². The molecule has 0 amide bonds. The molecule has 3 nitrogen and oxygen atoms in total. The molecule has 94 valence electrons. The minimum atomic E-state index is 0.200. The minimum absolute atomic E-state index is 0.200. The molecular weight excluding hydrogens is 212 g/mol. The first kappa shape index (κ1) is 11.3. The Hall–Kier alpha value is -0.830. The normalized spacial score (nSPS) is 37.1. The van der Waals surface area contributed by atoms with E-state index in [9.17, 15) is 0 Å². The topological polar surface area (TPSA) is 37.9 Å². The van der Waals surface area contributed by atoms with Gasteiger partial charge in [-0.05, 0) is 37.0 Å². The standard InChI is InChI=1S/C14H22N2O/c1-8-4-5-17-13(8)14-15-11-6-9(2)10(3)7-12(11)16-14/h8-10,13H,4-7H2,1-3H3,(H,15,16). The van der Waals surface area contributed by atoms with Gasteiger partial charge in [0.15, 0.2) is 0 Å². The summed E-state index contributed by atoms with van der Waals surface area (Å²) >= 11 is 0. The maximum Gasteiger partial charge on any atom is 0.136 e. The van der Waals surface area contributed by atoms with E-state index in [1.54, 1.807) is 0 Å². The van der Waals surface area contributed by atoms with Crippen LogP contribution >= 0.6 is 0 Å². The second kappa shape index (κ2) is 4.13. The monoisotopic (exact) mass is 234 g/mol. The molecule has 0 aromatic carbocycles. The Balaban J connectivity index is 1.87. The second-order valence-corrected chi connectivity index (χ2v) is 5.97. The van der Waals surface area contributed by atoms with Crippen LogP contribution in [0.3, 0.4) is 0 Å². The van der Waals surface area contributed by atoms with Gasteiger partial charge >= 0.3 is 0 Å². The van der Waals surface area contributed by atoms with Crippen molar-refractivity contribution in [2.75, 3.05) is 6.61 Å². The molecule has 1 fully saturated rings. The number of fused-ring (bicyclic) bond motifs is 1. The van der Waals surface area contributed by atoms with Crippen LogP contribution in [0.4, 0.5) is 0 Å². The van der Waals surface area contributed by atoms with E-state index in [0.717, 1.165) is 43.5 Å². The van der Waals surface area contributed by atoms with E-state index in [2.05, 4.69) is 25.8 Å². The number of H-pyrrole nitrogens is 1. The second-order valence-electron chi connectivity index (χ2n) is 5.97. The van der Waals surface area contributed by atoms with E-state index in [4.69, 9.17) is 9.72 Å². The smallest absolute Gasteiger partial charge is 0.136 e. The van der Waals surface area contributed by atoms with Crippen molar-refractivity contribution in [1.82, 2.24) is 9.97 Å². The number of rotatable bonds is 1. The molecule has 2 aliphatic rings. The van der Waals surface area contributed by atoms with Gasteiger partial charge < -0.3 is 9.72 Å². The lowest BCUT2D eigenvalue weighted by molar-refractivity contribution is 0.0879. The van der Waals surface area contributed by atoms with Crippen molar-refractivity contribution in [1.29, 1.82) is 0 Å². The summed E-state index contributed by atoms with van der Waals surface area (Å²) in [7, 11) is 0. The summed E-state index contributed by atoms with van der Waals surface area (Å²) in [6.07, 6.45) is 3.62. The maximum absolute atomic E-state index is 5.79. The van der Waals surface area contributed by atoms with Crippen LogP contribution in [0.2, 0.25) is 0 Å². The molecule has 4 unspecified atom stereocenters. The summed E-state index contributed by atoms with van der Waals surface area (Å²) in [5.41, 5.74) is 2.64. The summed E-state index contributed by atoms with van der Waals surface area (Å²) in [5.74, 6) is 3.18. The van der Waals surface area contributed by atoms with Crippen LogP contribution in [0.25, 0.3) is 0 Å². The molecule has 0 saturated carbocycles. The lowest BCUT2D eigenvalue weighted by Gasteiger charge is -2.24. The lowest BCUT2D eigenvalue weighted by Crippen LogP contribution is -2.20. The van der Waals surface area contributed by atoms with Gasteiger partial charge in [-0.3, -0.25) is 0 Å². The van der Waals surface area contributed by atoms with Crippen LogP contribution in [0.5, 0.6) is 0 Å². The minimum Gasteiger partial charge on any atom is -0.370 e. The molecule has 0 spiro atoms. The predicted molar refractivity (Wildman–Crippen MR) is 66.8 cm³/mol. The van der Waals surface area contributed by atoms with Crippen molar-refractivity contribution in [3.05, 3.63) is 17.2 Å². The fraction of sp³-hybridized carbons (Fsp3) is 0.786. The van der Waals surface area contributed by atoms with Gasteiger partial charge in [0.05, 0.1) is 5.69 Å².